The Bertz CT molecular complexity index is 659. The van der Waals surface area contributed by atoms with Crippen LogP contribution in [-0.2, 0) is 20.5 Å². The lowest BCUT2D eigenvalue weighted by atomic mass is 9.86. The van der Waals surface area contributed by atoms with Gasteiger partial charge in [-0.3, -0.25) is 9.59 Å². The summed E-state index contributed by atoms with van der Waals surface area (Å²) >= 11 is 0. The Labute approximate surface area is 143 Å². The van der Waals surface area contributed by atoms with Crippen LogP contribution in [0.25, 0.3) is 0 Å². The first kappa shape index (κ1) is 17.8. The molecule has 2 aliphatic rings. The van der Waals surface area contributed by atoms with E-state index < -0.39 is 30.2 Å². The number of benzene rings is 1. The van der Waals surface area contributed by atoms with Crippen molar-refractivity contribution >= 4 is 17.6 Å². The van der Waals surface area contributed by atoms with Gasteiger partial charge in [-0.25, -0.2) is 0 Å². The lowest BCUT2D eigenvalue weighted by Gasteiger charge is -2.20. The molecule has 2 bridgehead atoms. The minimum Gasteiger partial charge on any atom is -0.456 e. The van der Waals surface area contributed by atoms with E-state index in [0.717, 1.165) is 24.5 Å². The molecule has 1 aromatic rings. The van der Waals surface area contributed by atoms with Crippen LogP contribution < -0.4 is 5.32 Å². The van der Waals surface area contributed by atoms with Crippen LogP contribution >= 0.6 is 0 Å². The minimum absolute atomic E-state index is 0.0176. The number of ether oxygens (including phenoxy) is 1. The molecule has 0 heterocycles. The van der Waals surface area contributed by atoms with Crippen LogP contribution in [0.1, 0.15) is 37.7 Å². The normalized spacial score (nSPS) is 25.0. The quantitative estimate of drug-likeness (QED) is 0.812. The smallest absolute Gasteiger partial charge is 0.416 e. The molecule has 1 aromatic carbocycles. The number of nitrogens with one attached hydrogen (secondary N) is 1. The third-order valence-corrected chi connectivity index (χ3v) is 5.15. The van der Waals surface area contributed by atoms with E-state index in [1.54, 1.807) is 0 Å². The minimum atomic E-state index is -4.48. The molecule has 2 aliphatic carbocycles. The summed E-state index contributed by atoms with van der Waals surface area (Å²) < 4.78 is 42.9. The second kappa shape index (κ2) is 7.06. The van der Waals surface area contributed by atoms with E-state index in [4.69, 9.17) is 4.74 Å². The summed E-state index contributed by atoms with van der Waals surface area (Å²) in [5, 5.41) is 2.31. The zero-order chi connectivity index (χ0) is 18.0. The first-order valence-electron chi connectivity index (χ1n) is 8.44. The number of hydrogen-bond acceptors (Lipinski definition) is 3. The molecule has 25 heavy (non-hydrogen) atoms. The van der Waals surface area contributed by atoms with Crippen molar-refractivity contribution in [3.63, 3.8) is 0 Å². The third kappa shape index (κ3) is 4.52. The van der Waals surface area contributed by atoms with E-state index in [9.17, 15) is 22.8 Å². The number of carbonyl (C=O) groups is 2. The fourth-order valence-electron chi connectivity index (χ4n) is 4.02. The number of rotatable bonds is 5. The van der Waals surface area contributed by atoms with Crippen LogP contribution in [0.3, 0.4) is 0 Å². The molecular formula is C18H20F3NO3. The highest BCUT2D eigenvalue weighted by atomic mass is 19.4. The summed E-state index contributed by atoms with van der Waals surface area (Å²) in [6.07, 6.45) is 0.490. The van der Waals surface area contributed by atoms with Crippen LogP contribution in [0.4, 0.5) is 18.9 Å². The van der Waals surface area contributed by atoms with Gasteiger partial charge in [0.1, 0.15) is 0 Å². The predicted molar refractivity (Wildman–Crippen MR) is 84.6 cm³/mol. The topological polar surface area (TPSA) is 55.4 Å². The Balaban J connectivity index is 1.44. The lowest BCUT2D eigenvalue weighted by molar-refractivity contribution is -0.148. The average Bonchev–Trinajstić information content (AvgIpc) is 3.15. The second-order valence-corrected chi connectivity index (χ2v) is 6.93. The van der Waals surface area contributed by atoms with Crippen LogP contribution in [0.2, 0.25) is 0 Å². The molecule has 0 aromatic heterocycles. The van der Waals surface area contributed by atoms with Gasteiger partial charge in [-0.15, -0.1) is 0 Å². The summed E-state index contributed by atoms with van der Waals surface area (Å²) in [5.41, 5.74) is -0.831. The molecule has 0 unspecified atom stereocenters. The van der Waals surface area contributed by atoms with Crippen molar-refractivity contribution in [2.75, 3.05) is 11.9 Å². The molecule has 7 heteroatoms. The van der Waals surface area contributed by atoms with Crippen molar-refractivity contribution in [2.45, 2.75) is 38.3 Å². The molecule has 1 N–H and O–H groups in total. The van der Waals surface area contributed by atoms with Crippen molar-refractivity contribution in [3.05, 3.63) is 29.8 Å². The van der Waals surface area contributed by atoms with Crippen LogP contribution in [0.5, 0.6) is 0 Å². The van der Waals surface area contributed by atoms with E-state index in [1.807, 2.05) is 0 Å². The van der Waals surface area contributed by atoms with Gasteiger partial charge < -0.3 is 10.1 Å². The third-order valence-electron chi connectivity index (χ3n) is 5.15. The molecule has 1 amide bonds. The number of carbonyl (C=O) groups excluding carboxylic acids is 2. The molecular weight excluding hydrogens is 335 g/mol. The molecule has 0 spiro atoms. The second-order valence-electron chi connectivity index (χ2n) is 6.93. The zero-order valence-corrected chi connectivity index (χ0v) is 13.6. The van der Waals surface area contributed by atoms with Gasteiger partial charge in [0.2, 0.25) is 0 Å². The average molecular weight is 355 g/mol. The highest BCUT2D eigenvalue weighted by Gasteiger charge is 2.40. The molecule has 0 saturated heterocycles. The molecule has 3 rings (SSSR count). The summed E-state index contributed by atoms with van der Waals surface area (Å²) in [7, 11) is 0. The van der Waals surface area contributed by atoms with Crippen molar-refractivity contribution < 1.29 is 27.5 Å². The fourth-order valence-corrected chi connectivity index (χ4v) is 4.02. The van der Waals surface area contributed by atoms with Gasteiger partial charge in [-0.05, 0) is 55.2 Å². The van der Waals surface area contributed by atoms with Crippen LogP contribution in [0, 0.1) is 17.8 Å². The van der Waals surface area contributed by atoms with E-state index in [-0.39, 0.29) is 5.69 Å². The van der Waals surface area contributed by atoms with Crippen LogP contribution in [0.15, 0.2) is 24.3 Å². The highest BCUT2D eigenvalue weighted by molar-refractivity contribution is 5.92. The number of fused-ring (bicyclic) bond motifs is 2. The van der Waals surface area contributed by atoms with Gasteiger partial charge in [-0.1, -0.05) is 12.5 Å². The standard InChI is InChI=1S/C18H20F3NO3/c19-18(20,21)14-2-1-3-15(9-14)22-16(23)10-25-17(24)8-13-7-11-4-5-12(13)6-11/h1-3,9,11-13H,4-8,10H2,(H,22,23)/t11-,12+,13-/m0/s1. The number of anilines is 1. The Morgan fingerprint density at radius 1 is 1.20 bits per heavy atom. The van der Waals surface area contributed by atoms with Crippen molar-refractivity contribution in [1.82, 2.24) is 0 Å². The Kier molecular flexibility index (Phi) is 5.01. The van der Waals surface area contributed by atoms with Gasteiger partial charge in [0.05, 0.1) is 5.56 Å². The number of amides is 1. The monoisotopic (exact) mass is 355 g/mol. The Morgan fingerprint density at radius 3 is 2.64 bits per heavy atom. The van der Waals surface area contributed by atoms with Crippen molar-refractivity contribution in [2.24, 2.45) is 17.8 Å². The lowest BCUT2D eigenvalue weighted by Crippen LogP contribution is -2.23. The van der Waals surface area contributed by atoms with Crippen molar-refractivity contribution in [1.29, 1.82) is 0 Å². The predicted octanol–water partition coefficient (Wildman–Crippen LogP) is 4.01. The molecule has 2 saturated carbocycles. The maximum Gasteiger partial charge on any atom is 0.416 e. The maximum atomic E-state index is 12.6. The van der Waals surface area contributed by atoms with Crippen molar-refractivity contribution in [3.8, 4) is 0 Å². The van der Waals surface area contributed by atoms with E-state index in [0.29, 0.717) is 18.3 Å². The molecule has 2 fully saturated rings. The molecule has 4 nitrogen and oxygen atoms in total. The van der Waals surface area contributed by atoms with E-state index in [2.05, 4.69) is 5.32 Å². The SMILES string of the molecule is O=C(COC(=O)C[C@@H]1C[C@H]2CC[C@@H]1C2)Nc1cccc(C(F)(F)F)c1. The molecule has 0 radical (unpaired) electrons. The maximum absolute atomic E-state index is 12.6. The van der Waals surface area contributed by atoms with Gasteiger partial charge in [-0.2, -0.15) is 13.2 Å². The van der Waals surface area contributed by atoms with Gasteiger partial charge in [0.25, 0.3) is 5.91 Å². The van der Waals surface area contributed by atoms with E-state index in [1.165, 1.54) is 31.4 Å². The highest BCUT2D eigenvalue weighted by Crippen LogP contribution is 2.49. The first-order valence-corrected chi connectivity index (χ1v) is 8.44. The summed E-state index contributed by atoms with van der Waals surface area (Å²) in [6, 6.07) is 4.32. The molecule has 136 valence electrons. The number of halogens is 3. The number of esters is 1. The number of alkyl halides is 3. The molecule has 3 atom stereocenters. The summed E-state index contributed by atoms with van der Waals surface area (Å²) in [5.74, 6) is 0.596. The zero-order valence-electron chi connectivity index (χ0n) is 13.6. The Hall–Kier alpha value is -2.05. The van der Waals surface area contributed by atoms with Gasteiger partial charge in [0.15, 0.2) is 6.61 Å². The number of hydrogen-bond donors (Lipinski definition) is 1. The van der Waals surface area contributed by atoms with E-state index >= 15 is 0 Å². The fraction of sp³-hybridized carbons (Fsp3) is 0.556. The Morgan fingerprint density at radius 2 is 2.00 bits per heavy atom. The summed E-state index contributed by atoms with van der Waals surface area (Å²) in [4.78, 5) is 23.6. The largest absolute Gasteiger partial charge is 0.456 e. The van der Waals surface area contributed by atoms with Crippen LogP contribution in [-0.4, -0.2) is 18.5 Å². The molecule has 0 aliphatic heterocycles. The van der Waals surface area contributed by atoms with Gasteiger partial charge >= 0.3 is 12.1 Å². The van der Waals surface area contributed by atoms with Gasteiger partial charge in [0, 0.05) is 12.1 Å². The first-order chi connectivity index (χ1) is 11.8. The summed E-state index contributed by atoms with van der Waals surface area (Å²) in [6.45, 7) is -0.490.